The van der Waals surface area contributed by atoms with Gasteiger partial charge in [0.15, 0.2) is 0 Å². The normalized spacial score (nSPS) is 15.1. The Hall–Kier alpha value is -2.06. The first-order chi connectivity index (χ1) is 14.1. The minimum absolute atomic E-state index is 0.120. The first kappa shape index (κ1) is 26.0. The van der Waals surface area contributed by atoms with E-state index < -0.39 is 29.9 Å². The van der Waals surface area contributed by atoms with Gasteiger partial charge in [0, 0.05) is 11.5 Å². The van der Waals surface area contributed by atoms with Crippen LogP contribution in [0.15, 0.2) is 30.3 Å². The summed E-state index contributed by atoms with van der Waals surface area (Å²) >= 11 is 1.51. The molecule has 0 spiro atoms. The van der Waals surface area contributed by atoms with E-state index in [1.807, 2.05) is 58.0 Å². The summed E-state index contributed by atoms with van der Waals surface area (Å²) in [5.41, 5.74) is 12.6. The number of carbonyl (C=O) groups is 3. The Morgan fingerprint density at radius 1 is 1.03 bits per heavy atom. The summed E-state index contributed by atoms with van der Waals surface area (Å²) in [5, 5.41) is 5.48. The molecule has 0 aliphatic heterocycles. The fourth-order valence-electron chi connectivity index (χ4n) is 2.90. The monoisotopic (exact) mass is 436 g/mol. The van der Waals surface area contributed by atoms with Gasteiger partial charge in [-0.25, -0.2) is 0 Å². The molecule has 0 aliphatic rings. The van der Waals surface area contributed by atoms with Gasteiger partial charge in [-0.3, -0.25) is 14.4 Å². The first-order valence-electron chi connectivity index (χ1n) is 10.4. The number of thioether (sulfide) groups is 1. The quantitative estimate of drug-likeness (QED) is 0.375. The number of hydrogen-bond acceptors (Lipinski definition) is 5. The van der Waals surface area contributed by atoms with Crippen molar-refractivity contribution in [2.75, 3.05) is 5.75 Å². The van der Waals surface area contributed by atoms with E-state index >= 15 is 0 Å². The number of nitrogens with two attached hydrogens (primary N) is 2. The van der Waals surface area contributed by atoms with Gasteiger partial charge < -0.3 is 22.1 Å². The van der Waals surface area contributed by atoms with Crippen molar-refractivity contribution in [1.29, 1.82) is 0 Å². The van der Waals surface area contributed by atoms with E-state index in [0.29, 0.717) is 24.3 Å². The molecule has 0 aromatic heterocycles. The van der Waals surface area contributed by atoms with Crippen molar-refractivity contribution in [2.24, 2.45) is 23.3 Å². The molecule has 0 unspecified atom stereocenters. The minimum atomic E-state index is -0.820. The number of amides is 3. The Morgan fingerprint density at radius 2 is 1.67 bits per heavy atom. The van der Waals surface area contributed by atoms with Gasteiger partial charge in [-0.2, -0.15) is 11.8 Å². The Labute approximate surface area is 184 Å². The molecule has 1 aromatic rings. The molecule has 0 bridgehead atoms. The number of primary amides is 1. The van der Waals surface area contributed by atoms with Crippen molar-refractivity contribution in [3.8, 4) is 0 Å². The maximum Gasteiger partial charge on any atom is 0.243 e. The second-order valence-corrected chi connectivity index (χ2v) is 9.10. The van der Waals surface area contributed by atoms with Crippen LogP contribution in [0.2, 0.25) is 0 Å². The highest BCUT2D eigenvalue weighted by Crippen LogP contribution is 2.14. The number of benzene rings is 1. The summed E-state index contributed by atoms with van der Waals surface area (Å²) in [6, 6.07) is 7.56. The van der Waals surface area contributed by atoms with E-state index in [-0.39, 0.29) is 17.7 Å². The van der Waals surface area contributed by atoms with Crippen LogP contribution in [0, 0.1) is 11.8 Å². The van der Waals surface area contributed by atoms with Crippen LogP contribution in [0.4, 0.5) is 0 Å². The lowest BCUT2D eigenvalue weighted by Gasteiger charge is -2.27. The third-order valence-corrected chi connectivity index (χ3v) is 6.02. The zero-order valence-electron chi connectivity index (χ0n) is 18.4. The fraction of sp³-hybridized carbons (Fsp3) is 0.591. The molecule has 0 heterocycles. The lowest BCUT2D eigenvalue weighted by molar-refractivity contribution is -0.132. The average molecular weight is 437 g/mol. The molecule has 6 N–H and O–H groups in total. The van der Waals surface area contributed by atoms with Gasteiger partial charge in [-0.05, 0) is 23.8 Å². The van der Waals surface area contributed by atoms with Gasteiger partial charge in [0.1, 0.15) is 12.1 Å². The van der Waals surface area contributed by atoms with Crippen LogP contribution in [0.1, 0.15) is 46.1 Å². The molecular formula is C22H36N4O3S. The summed E-state index contributed by atoms with van der Waals surface area (Å²) in [7, 11) is 0. The van der Waals surface area contributed by atoms with Crippen LogP contribution >= 0.6 is 11.8 Å². The maximum absolute atomic E-state index is 12.9. The maximum atomic E-state index is 12.9. The third-order valence-electron chi connectivity index (χ3n) is 4.91. The fourth-order valence-corrected chi connectivity index (χ4v) is 3.93. The zero-order chi connectivity index (χ0) is 22.7. The van der Waals surface area contributed by atoms with E-state index in [1.54, 1.807) is 0 Å². The summed E-state index contributed by atoms with van der Waals surface area (Å²) in [6.07, 6.45) is 1.21. The molecule has 0 fully saturated rings. The highest BCUT2D eigenvalue weighted by atomic mass is 32.2. The average Bonchev–Trinajstić information content (AvgIpc) is 2.70. The summed E-state index contributed by atoms with van der Waals surface area (Å²) in [6.45, 7) is 7.78. The molecule has 0 saturated carbocycles. The summed E-state index contributed by atoms with van der Waals surface area (Å²) < 4.78 is 0. The van der Waals surface area contributed by atoms with Gasteiger partial charge in [0.05, 0.1) is 6.04 Å². The first-order valence-corrected chi connectivity index (χ1v) is 11.6. The van der Waals surface area contributed by atoms with E-state index in [2.05, 4.69) is 10.6 Å². The lowest BCUT2D eigenvalue weighted by Crippen LogP contribution is -2.57. The third kappa shape index (κ3) is 9.17. The second kappa shape index (κ2) is 13.3. The molecule has 8 heteroatoms. The molecule has 3 amide bonds. The lowest BCUT2D eigenvalue weighted by atomic mass is 9.96. The van der Waals surface area contributed by atoms with Gasteiger partial charge >= 0.3 is 0 Å². The highest BCUT2D eigenvalue weighted by Gasteiger charge is 2.30. The predicted molar refractivity (Wildman–Crippen MR) is 123 cm³/mol. The minimum Gasteiger partial charge on any atom is -0.368 e. The summed E-state index contributed by atoms with van der Waals surface area (Å²) in [4.78, 5) is 37.2. The largest absolute Gasteiger partial charge is 0.368 e. The van der Waals surface area contributed by atoms with Crippen molar-refractivity contribution in [2.45, 2.75) is 64.4 Å². The van der Waals surface area contributed by atoms with Crippen LogP contribution in [0.3, 0.4) is 0 Å². The second-order valence-electron chi connectivity index (χ2n) is 8.07. The standard InChI is InChI=1S/C22H36N4O3S/c1-5-15(4)19(26-21(28)17(23)11-14(2)3)22(29)25-18(20(24)27)13-30-12-16-9-7-6-8-10-16/h6-10,14-15,17-19H,5,11-13,23H2,1-4H3,(H2,24,27)(H,25,29)(H,26,28)/t15-,17-,18-,19-/m0/s1. The topological polar surface area (TPSA) is 127 Å². The van der Waals surface area contributed by atoms with Crippen LogP contribution < -0.4 is 22.1 Å². The number of nitrogens with one attached hydrogen (secondary N) is 2. The molecule has 30 heavy (non-hydrogen) atoms. The van der Waals surface area contributed by atoms with E-state index in [4.69, 9.17) is 11.5 Å². The molecule has 1 aromatic carbocycles. The molecule has 4 atom stereocenters. The molecule has 168 valence electrons. The van der Waals surface area contributed by atoms with E-state index in [1.165, 1.54) is 11.8 Å². The number of hydrogen-bond donors (Lipinski definition) is 4. The number of carbonyl (C=O) groups excluding carboxylic acids is 3. The van der Waals surface area contributed by atoms with Crippen LogP contribution in [0.5, 0.6) is 0 Å². The van der Waals surface area contributed by atoms with Gasteiger partial charge in [0.2, 0.25) is 17.7 Å². The molecule has 1 rings (SSSR count). The van der Waals surface area contributed by atoms with Crippen LogP contribution in [0.25, 0.3) is 0 Å². The molecule has 0 aliphatic carbocycles. The molecule has 0 radical (unpaired) electrons. The highest BCUT2D eigenvalue weighted by molar-refractivity contribution is 7.98. The SMILES string of the molecule is CC[C@H](C)[C@H](NC(=O)[C@@H](N)CC(C)C)C(=O)N[C@@H](CSCc1ccccc1)C(N)=O. The van der Waals surface area contributed by atoms with Crippen LogP contribution in [-0.2, 0) is 20.1 Å². The van der Waals surface area contributed by atoms with Gasteiger partial charge in [-0.15, -0.1) is 0 Å². The van der Waals surface area contributed by atoms with Crippen molar-refractivity contribution in [1.82, 2.24) is 10.6 Å². The Kier molecular flexibility index (Phi) is 11.5. The van der Waals surface area contributed by atoms with Gasteiger partial charge in [-0.1, -0.05) is 64.4 Å². The Bertz CT molecular complexity index is 684. The number of rotatable bonds is 13. The molecule has 7 nitrogen and oxygen atoms in total. The van der Waals surface area contributed by atoms with Crippen molar-refractivity contribution in [3.63, 3.8) is 0 Å². The Morgan fingerprint density at radius 3 is 2.20 bits per heavy atom. The Balaban J connectivity index is 2.73. The van der Waals surface area contributed by atoms with Crippen molar-refractivity contribution >= 4 is 29.5 Å². The molecule has 0 saturated heterocycles. The molecular weight excluding hydrogens is 400 g/mol. The van der Waals surface area contributed by atoms with E-state index in [0.717, 1.165) is 5.56 Å². The predicted octanol–water partition coefficient (Wildman–Crippen LogP) is 1.79. The van der Waals surface area contributed by atoms with Gasteiger partial charge in [0.25, 0.3) is 0 Å². The van der Waals surface area contributed by atoms with E-state index in [9.17, 15) is 14.4 Å². The zero-order valence-corrected chi connectivity index (χ0v) is 19.2. The summed E-state index contributed by atoms with van der Waals surface area (Å²) in [5.74, 6) is -0.181. The smallest absolute Gasteiger partial charge is 0.243 e. The van der Waals surface area contributed by atoms with Crippen molar-refractivity contribution < 1.29 is 14.4 Å². The van der Waals surface area contributed by atoms with Crippen LogP contribution in [-0.4, -0.2) is 41.6 Å². The van der Waals surface area contributed by atoms with Crippen molar-refractivity contribution in [3.05, 3.63) is 35.9 Å².